The largest absolute Gasteiger partial charge is 0.348 e. The fourth-order valence-electron chi connectivity index (χ4n) is 5.75. The van der Waals surface area contributed by atoms with Crippen LogP contribution in [0.15, 0.2) is 134 Å². The van der Waals surface area contributed by atoms with Crippen molar-refractivity contribution >= 4 is 34.0 Å². The lowest BCUT2D eigenvalue weighted by Crippen LogP contribution is -2.10. The van der Waals surface area contributed by atoms with Crippen molar-refractivity contribution in [3.63, 3.8) is 0 Å². The van der Waals surface area contributed by atoms with Gasteiger partial charge in [-0.2, -0.15) is 9.97 Å². The van der Waals surface area contributed by atoms with Crippen molar-refractivity contribution in [2.75, 3.05) is 10.6 Å². The number of nitrogens with one attached hydrogen (secondary N) is 2. The number of nitrogens with zero attached hydrogens (tertiary/aromatic N) is 8. The first kappa shape index (κ1) is 32.1. The maximum atomic E-state index is 4.66. The highest BCUT2D eigenvalue weighted by molar-refractivity contribution is 5.78. The normalized spacial score (nSPS) is 12.2. The molecule has 10 nitrogen and oxygen atoms in total. The number of aryl methyl sites for hydroxylation is 2. The Balaban J connectivity index is 0.000000157. The molecule has 4 aromatic heterocycles. The fraction of sp³-hybridized carbons (Fsp3) is 0.150. The average Bonchev–Trinajstić information content (AvgIpc) is 3.77. The van der Waals surface area contributed by atoms with Gasteiger partial charge in [-0.3, -0.25) is 9.13 Å². The van der Waals surface area contributed by atoms with Crippen molar-refractivity contribution in [3.05, 3.63) is 156 Å². The van der Waals surface area contributed by atoms with E-state index < -0.39 is 0 Å². The van der Waals surface area contributed by atoms with Gasteiger partial charge in [0.2, 0.25) is 11.9 Å². The predicted octanol–water partition coefficient (Wildman–Crippen LogP) is 8.59. The Morgan fingerprint density at radius 1 is 0.500 bits per heavy atom. The Morgan fingerprint density at radius 2 is 1.00 bits per heavy atom. The molecule has 248 valence electrons. The summed E-state index contributed by atoms with van der Waals surface area (Å²) in [5, 5.41) is 6.73. The standard InChI is InChI=1S/2C20H19N5/c1-14-8-9-18-17(12-14)22-13-25(18)19-10-11-21-20(24-19)23-15(2)16-6-4-3-5-7-16;1-14-8-9-17-18(12-14)25(13-22-17)19-10-11-21-20(24-19)23-15(2)16-6-4-3-5-7-16/h2*3-13,15H,1-2H3,(H,21,23,24)/t2*15-/m00/s1. The molecule has 4 aromatic carbocycles. The number of aromatic nitrogens is 8. The molecule has 50 heavy (non-hydrogen) atoms. The number of imidazole rings is 2. The maximum absolute atomic E-state index is 4.66. The molecule has 0 amide bonds. The maximum Gasteiger partial charge on any atom is 0.225 e. The summed E-state index contributed by atoms with van der Waals surface area (Å²) in [6, 6.07) is 37.0. The third-order valence-electron chi connectivity index (χ3n) is 8.47. The average molecular weight is 659 g/mol. The molecule has 2 N–H and O–H groups in total. The highest BCUT2D eigenvalue weighted by Crippen LogP contribution is 2.22. The van der Waals surface area contributed by atoms with Crippen molar-refractivity contribution in [1.29, 1.82) is 0 Å². The van der Waals surface area contributed by atoms with Crippen LogP contribution in [0.5, 0.6) is 0 Å². The number of hydrogen-bond donors (Lipinski definition) is 2. The minimum absolute atomic E-state index is 0.123. The zero-order valence-corrected chi connectivity index (χ0v) is 28.4. The second-order valence-electron chi connectivity index (χ2n) is 12.2. The van der Waals surface area contributed by atoms with E-state index in [1.807, 2.05) is 63.7 Å². The molecule has 0 fully saturated rings. The van der Waals surface area contributed by atoms with E-state index in [4.69, 9.17) is 0 Å². The van der Waals surface area contributed by atoms with Crippen LogP contribution in [-0.2, 0) is 0 Å². The van der Waals surface area contributed by atoms with Crippen LogP contribution in [0.1, 0.15) is 48.2 Å². The van der Waals surface area contributed by atoms with E-state index in [-0.39, 0.29) is 12.1 Å². The molecule has 2 atom stereocenters. The Bertz CT molecular complexity index is 2350. The van der Waals surface area contributed by atoms with Gasteiger partial charge in [-0.15, -0.1) is 0 Å². The minimum Gasteiger partial charge on any atom is -0.348 e. The van der Waals surface area contributed by atoms with Crippen LogP contribution in [0.4, 0.5) is 11.9 Å². The van der Waals surface area contributed by atoms with Gasteiger partial charge >= 0.3 is 0 Å². The zero-order chi connectivity index (χ0) is 34.5. The molecule has 0 bridgehead atoms. The van der Waals surface area contributed by atoms with E-state index in [1.165, 1.54) is 22.3 Å². The minimum atomic E-state index is 0.123. The Labute approximate surface area is 291 Å². The van der Waals surface area contributed by atoms with Gasteiger partial charge in [0.25, 0.3) is 0 Å². The third-order valence-corrected chi connectivity index (χ3v) is 8.47. The first-order chi connectivity index (χ1) is 24.4. The van der Waals surface area contributed by atoms with E-state index in [1.54, 1.807) is 25.0 Å². The van der Waals surface area contributed by atoms with Crippen molar-refractivity contribution in [3.8, 4) is 11.6 Å². The summed E-state index contributed by atoms with van der Waals surface area (Å²) < 4.78 is 3.97. The van der Waals surface area contributed by atoms with E-state index in [2.05, 4.69) is 123 Å². The smallest absolute Gasteiger partial charge is 0.225 e. The van der Waals surface area contributed by atoms with Gasteiger partial charge in [0.1, 0.15) is 24.3 Å². The van der Waals surface area contributed by atoms with Gasteiger partial charge in [-0.25, -0.2) is 19.9 Å². The van der Waals surface area contributed by atoms with E-state index in [0.717, 1.165) is 33.7 Å². The first-order valence-corrected chi connectivity index (χ1v) is 16.6. The van der Waals surface area contributed by atoms with Crippen LogP contribution >= 0.6 is 0 Å². The molecule has 0 aliphatic rings. The summed E-state index contributed by atoms with van der Waals surface area (Å²) in [5.41, 5.74) is 8.77. The van der Waals surface area contributed by atoms with Gasteiger partial charge in [0.05, 0.1) is 34.2 Å². The van der Waals surface area contributed by atoms with Crippen LogP contribution in [0.2, 0.25) is 0 Å². The van der Waals surface area contributed by atoms with Gasteiger partial charge in [-0.1, -0.05) is 72.8 Å². The molecule has 0 saturated carbocycles. The summed E-state index contributed by atoms with van der Waals surface area (Å²) in [6.45, 7) is 8.34. The molecule has 0 spiro atoms. The SMILES string of the molecule is Cc1ccc2c(c1)ncn2-c1ccnc(N[C@@H](C)c2ccccc2)n1.Cc1ccc2ncn(-c3ccnc(N[C@@H](C)c4ccccc4)n3)c2c1. The van der Waals surface area contributed by atoms with Gasteiger partial charge in [0.15, 0.2) is 0 Å². The summed E-state index contributed by atoms with van der Waals surface area (Å²) in [6.07, 6.45) is 7.14. The molecule has 10 heteroatoms. The highest BCUT2D eigenvalue weighted by Gasteiger charge is 2.12. The Morgan fingerprint density at radius 3 is 1.58 bits per heavy atom. The van der Waals surface area contributed by atoms with Crippen molar-refractivity contribution in [2.45, 2.75) is 39.8 Å². The predicted molar refractivity (Wildman–Crippen MR) is 200 cm³/mol. The molecule has 0 radical (unpaired) electrons. The van der Waals surface area contributed by atoms with Crippen LogP contribution in [-0.4, -0.2) is 39.0 Å². The third kappa shape index (κ3) is 7.19. The zero-order valence-electron chi connectivity index (χ0n) is 28.4. The van der Waals surface area contributed by atoms with Gasteiger partial charge in [-0.05, 0) is 86.3 Å². The summed E-state index contributed by atoms with van der Waals surface area (Å²) >= 11 is 0. The quantitative estimate of drug-likeness (QED) is 0.167. The Kier molecular flexibility index (Phi) is 9.24. The lowest BCUT2D eigenvalue weighted by atomic mass is 10.1. The molecular weight excluding hydrogens is 621 g/mol. The van der Waals surface area contributed by atoms with E-state index in [9.17, 15) is 0 Å². The van der Waals surface area contributed by atoms with Crippen LogP contribution in [0.3, 0.4) is 0 Å². The lowest BCUT2D eigenvalue weighted by molar-refractivity contribution is 0.854. The summed E-state index contributed by atoms with van der Waals surface area (Å²) in [4.78, 5) is 27.0. The lowest BCUT2D eigenvalue weighted by Gasteiger charge is -2.14. The molecular formula is C40H38N10. The summed E-state index contributed by atoms with van der Waals surface area (Å²) in [5.74, 6) is 2.79. The highest BCUT2D eigenvalue weighted by atomic mass is 15.2. The van der Waals surface area contributed by atoms with E-state index >= 15 is 0 Å². The second kappa shape index (κ2) is 14.4. The van der Waals surface area contributed by atoms with Crippen LogP contribution < -0.4 is 10.6 Å². The number of rotatable bonds is 8. The molecule has 0 unspecified atom stereocenters. The molecule has 0 aliphatic carbocycles. The molecule has 8 rings (SSSR count). The van der Waals surface area contributed by atoms with Gasteiger partial charge in [0, 0.05) is 12.4 Å². The number of fused-ring (bicyclic) bond motifs is 2. The molecule has 8 aromatic rings. The number of benzene rings is 4. The van der Waals surface area contributed by atoms with Gasteiger partial charge < -0.3 is 10.6 Å². The van der Waals surface area contributed by atoms with E-state index in [0.29, 0.717) is 11.9 Å². The Hall–Kier alpha value is -6.42. The van der Waals surface area contributed by atoms with Crippen LogP contribution in [0.25, 0.3) is 33.7 Å². The molecule has 0 aliphatic heterocycles. The summed E-state index contributed by atoms with van der Waals surface area (Å²) in [7, 11) is 0. The van der Waals surface area contributed by atoms with Crippen molar-refractivity contribution < 1.29 is 0 Å². The molecule has 0 saturated heterocycles. The van der Waals surface area contributed by atoms with Crippen molar-refractivity contribution in [2.24, 2.45) is 0 Å². The topological polar surface area (TPSA) is 111 Å². The van der Waals surface area contributed by atoms with Crippen molar-refractivity contribution in [1.82, 2.24) is 39.0 Å². The van der Waals surface area contributed by atoms with Crippen LogP contribution in [0, 0.1) is 13.8 Å². The fourth-order valence-corrected chi connectivity index (χ4v) is 5.75. The number of anilines is 2. The number of hydrogen-bond acceptors (Lipinski definition) is 8. The second-order valence-corrected chi connectivity index (χ2v) is 12.2. The first-order valence-electron chi connectivity index (χ1n) is 16.6. The monoisotopic (exact) mass is 658 g/mol. The molecule has 4 heterocycles.